The maximum absolute atomic E-state index is 11.1. The summed E-state index contributed by atoms with van der Waals surface area (Å²) in [5.41, 5.74) is 8.12. The van der Waals surface area contributed by atoms with Crippen molar-refractivity contribution in [2.24, 2.45) is 4.99 Å². The van der Waals surface area contributed by atoms with Crippen LogP contribution in [0.15, 0.2) is 65.7 Å². The van der Waals surface area contributed by atoms with Crippen LogP contribution in [-0.4, -0.2) is 62.1 Å². The van der Waals surface area contributed by atoms with Crippen molar-refractivity contribution in [3.05, 3.63) is 105 Å². The average molecular weight is 647 g/mol. The molecule has 9 heteroatoms. The summed E-state index contributed by atoms with van der Waals surface area (Å²) >= 11 is 0. The molecule has 2 heterocycles. The Hall–Kier alpha value is -4.83. The first-order chi connectivity index (χ1) is 23.5. The number of phenols is 2. The van der Waals surface area contributed by atoms with Crippen molar-refractivity contribution in [3.8, 4) is 39.9 Å². The normalized spacial score (nSPS) is 21.1. The van der Waals surface area contributed by atoms with E-state index in [0.717, 1.165) is 49.5 Å². The van der Waals surface area contributed by atoms with E-state index in [1.165, 1.54) is 12.7 Å². The quantitative estimate of drug-likeness (QED) is 0.199. The lowest BCUT2D eigenvalue weighted by Gasteiger charge is -2.41. The van der Waals surface area contributed by atoms with E-state index in [-0.39, 0.29) is 42.7 Å². The van der Waals surface area contributed by atoms with Gasteiger partial charge in [0.2, 0.25) is 0 Å². The molecule has 0 saturated heterocycles. The van der Waals surface area contributed by atoms with E-state index < -0.39 is 6.10 Å². The SMILES string of the molecule is CNCO[C@@H]1Cc2c(cc(OCCO)c3c2C[C@H]2c4c-3ccc(O)c4C=C[C@@H]2c2ccc3c(c2)=CCN=3)O[C@@H]1c1ccc(O)c(OC)c1. The van der Waals surface area contributed by atoms with Gasteiger partial charge in [0.1, 0.15) is 30.0 Å². The molecule has 0 unspecified atom stereocenters. The molecule has 0 radical (unpaired) electrons. The first kappa shape index (κ1) is 30.5. The summed E-state index contributed by atoms with van der Waals surface area (Å²) in [5.74, 6) is 2.10. The number of ether oxygens (including phenoxy) is 4. The van der Waals surface area contributed by atoms with E-state index in [9.17, 15) is 15.3 Å². The molecule has 0 saturated carbocycles. The zero-order chi connectivity index (χ0) is 32.9. The number of aromatic hydroxyl groups is 2. The van der Waals surface area contributed by atoms with Crippen LogP contribution in [0.2, 0.25) is 0 Å². The van der Waals surface area contributed by atoms with Crippen LogP contribution >= 0.6 is 0 Å². The van der Waals surface area contributed by atoms with E-state index in [2.05, 4.69) is 46.7 Å². The number of methoxy groups -OCH3 is 1. The zero-order valence-corrected chi connectivity index (χ0v) is 26.9. The van der Waals surface area contributed by atoms with E-state index in [1.54, 1.807) is 18.2 Å². The van der Waals surface area contributed by atoms with Gasteiger partial charge in [-0.05, 0) is 82.8 Å². The van der Waals surface area contributed by atoms with Crippen molar-refractivity contribution in [3.63, 3.8) is 0 Å². The molecule has 0 spiro atoms. The van der Waals surface area contributed by atoms with Gasteiger partial charge in [-0.3, -0.25) is 10.3 Å². The van der Waals surface area contributed by atoms with Crippen LogP contribution in [0, 0.1) is 0 Å². The maximum atomic E-state index is 11.1. The minimum atomic E-state index is -0.484. The molecule has 0 aromatic heterocycles. The van der Waals surface area contributed by atoms with Gasteiger partial charge in [0.15, 0.2) is 17.6 Å². The molecule has 0 bridgehead atoms. The number of hydrogen-bond acceptors (Lipinski definition) is 9. The molecule has 8 rings (SSSR count). The van der Waals surface area contributed by atoms with E-state index in [4.69, 9.17) is 18.9 Å². The fraction of sp³-hybridized carbons (Fsp3) is 0.308. The Balaban J connectivity index is 1.29. The van der Waals surface area contributed by atoms with Crippen LogP contribution in [0.25, 0.3) is 23.3 Å². The summed E-state index contributed by atoms with van der Waals surface area (Å²) in [6.45, 7) is 1.03. The van der Waals surface area contributed by atoms with Crippen molar-refractivity contribution in [2.45, 2.75) is 36.9 Å². The Morgan fingerprint density at radius 1 is 0.958 bits per heavy atom. The lowest BCUT2D eigenvalue weighted by molar-refractivity contribution is -0.0429. The Morgan fingerprint density at radius 2 is 1.81 bits per heavy atom. The smallest absolute Gasteiger partial charge is 0.160 e. The second kappa shape index (κ2) is 12.3. The zero-order valence-electron chi connectivity index (χ0n) is 26.9. The topological polar surface area (TPSA) is 122 Å². The monoisotopic (exact) mass is 646 g/mol. The van der Waals surface area contributed by atoms with Crippen molar-refractivity contribution in [1.29, 1.82) is 0 Å². The number of allylic oxidation sites excluding steroid dienone is 1. The largest absolute Gasteiger partial charge is 0.507 e. The maximum Gasteiger partial charge on any atom is 0.160 e. The molecule has 0 fully saturated rings. The third-order valence-corrected chi connectivity index (χ3v) is 10.0. The van der Waals surface area contributed by atoms with E-state index in [1.807, 2.05) is 25.2 Å². The van der Waals surface area contributed by atoms with E-state index >= 15 is 0 Å². The Morgan fingerprint density at radius 3 is 2.65 bits per heavy atom. The molecule has 4 aromatic carbocycles. The third-order valence-electron chi connectivity index (χ3n) is 10.0. The van der Waals surface area contributed by atoms with Gasteiger partial charge < -0.3 is 34.3 Å². The molecule has 246 valence electrons. The molecule has 2 aliphatic carbocycles. The number of benzene rings is 4. The summed E-state index contributed by atoms with van der Waals surface area (Å²) in [6, 6.07) is 17.4. The molecule has 9 nitrogen and oxygen atoms in total. The Bertz CT molecular complexity index is 2070. The van der Waals surface area contributed by atoms with Crippen LogP contribution < -0.4 is 30.1 Å². The van der Waals surface area contributed by atoms with Crippen LogP contribution in [0.5, 0.6) is 28.7 Å². The fourth-order valence-corrected chi connectivity index (χ4v) is 7.91. The van der Waals surface area contributed by atoms with Crippen molar-refractivity contribution < 1.29 is 34.3 Å². The first-order valence-corrected chi connectivity index (χ1v) is 16.4. The molecular weight excluding hydrogens is 608 g/mol. The lowest BCUT2D eigenvalue weighted by Crippen LogP contribution is -2.36. The predicted molar refractivity (Wildman–Crippen MR) is 181 cm³/mol. The number of nitrogens with one attached hydrogen (secondary N) is 1. The van der Waals surface area contributed by atoms with Gasteiger partial charge in [-0.15, -0.1) is 0 Å². The summed E-state index contributed by atoms with van der Waals surface area (Å²) in [5, 5.41) is 36.4. The molecule has 4 aliphatic rings. The number of nitrogens with zero attached hydrogens (tertiary/aromatic N) is 1. The van der Waals surface area contributed by atoms with Gasteiger partial charge in [0.05, 0.1) is 32.3 Å². The van der Waals surface area contributed by atoms with Crippen molar-refractivity contribution in [1.82, 2.24) is 5.32 Å². The average Bonchev–Trinajstić information content (AvgIpc) is 3.59. The second-order valence-electron chi connectivity index (χ2n) is 12.7. The van der Waals surface area contributed by atoms with E-state index in [0.29, 0.717) is 43.4 Å². The van der Waals surface area contributed by atoms with Gasteiger partial charge in [-0.2, -0.15) is 0 Å². The number of hydrogen-bond donors (Lipinski definition) is 4. The van der Waals surface area contributed by atoms with Gasteiger partial charge in [-0.25, -0.2) is 0 Å². The van der Waals surface area contributed by atoms with Crippen molar-refractivity contribution in [2.75, 3.05) is 40.6 Å². The predicted octanol–water partition coefficient (Wildman–Crippen LogP) is 4.25. The van der Waals surface area contributed by atoms with Crippen molar-refractivity contribution >= 4 is 12.2 Å². The number of rotatable bonds is 9. The highest BCUT2D eigenvalue weighted by Gasteiger charge is 2.41. The standard InChI is InChI=1S/C39H38N2O7/c1-40-20-47-36-18-27-29-17-28-24(21-3-8-30-22(15-21)11-12-41-30)5-6-25-31(43)10-7-26(37(25)28)38(29)35(46-14-13-42)19-33(27)48-39(36)23-4-9-32(44)34(16-23)45-2/h3-11,15-16,19,24,28,36,39-40,42-44H,12-14,17-18,20H2,1-2H3/t24-,28-,36-,39-/m1/s1. The number of phenolic OH excluding ortho intramolecular Hbond substituents is 2. The molecule has 4 atom stereocenters. The molecule has 4 N–H and O–H groups in total. The minimum Gasteiger partial charge on any atom is -0.507 e. The van der Waals surface area contributed by atoms with Gasteiger partial charge in [0.25, 0.3) is 0 Å². The number of aliphatic hydroxyl groups excluding tert-OH is 1. The summed E-state index contributed by atoms with van der Waals surface area (Å²) in [7, 11) is 3.36. The highest BCUT2D eigenvalue weighted by atomic mass is 16.6. The molecule has 4 aromatic rings. The molecular formula is C39H38N2O7. The Labute approximate surface area is 278 Å². The molecule has 2 aliphatic heterocycles. The Kier molecular flexibility index (Phi) is 7.83. The van der Waals surface area contributed by atoms with Gasteiger partial charge in [-0.1, -0.05) is 36.4 Å². The summed E-state index contributed by atoms with van der Waals surface area (Å²) < 4.78 is 24.9. The number of fused-ring (bicyclic) bond motifs is 5. The van der Waals surface area contributed by atoms with Crippen LogP contribution in [0.3, 0.4) is 0 Å². The highest BCUT2D eigenvalue weighted by Crippen LogP contribution is 2.57. The van der Waals surface area contributed by atoms with Crippen LogP contribution in [0.4, 0.5) is 0 Å². The summed E-state index contributed by atoms with van der Waals surface area (Å²) in [6.07, 6.45) is 6.88. The van der Waals surface area contributed by atoms with Gasteiger partial charge in [0, 0.05) is 35.1 Å². The molecule has 0 amide bonds. The summed E-state index contributed by atoms with van der Waals surface area (Å²) in [4.78, 5) is 4.59. The third kappa shape index (κ3) is 5.01. The minimum absolute atomic E-state index is 0.0453. The fourth-order valence-electron chi connectivity index (χ4n) is 7.91. The number of aliphatic hydroxyl groups is 1. The molecule has 48 heavy (non-hydrogen) atoms. The van der Waals surface area contributed by atoms with Crippen LogP contribution in [-0.2, 0) is 17.6 Å². The highest BCUT2D eigenvalue weighted by molar-refractivity contribution is 5.87. The first-order valence-electron chi connectivity index (χ1n) is 16.4. The lowest BCUT2D eigenvalue weighted by atomic mass is 9.66. The van der Waals surface area contributed by atoms with Gasteiger partial charge >= 0.3 is 0 Å². The van der Waals surface area contributed by atoms with Crippen LogP contribution in [0.1, 0.15) is 51.3 Å². The second-order valence-corrected chi connectivity index (χ2v) is 12.7.